The fourth-order valence-electron chi connectivity index (χ4n) is 2.64. The topological polar surface area (TPSA) is 97.6 Å². The van der Waals surface area contributed by atoms with Gasteiger partial charge in [0, 0.05) is 10.6 Å². The van der Waals surface area contributed by atoms with Crippen molar-refractivity contribution in [3.63, 3.8) is 0 Å². The summed E-state index contributed by atoms with van der Waals surface area (Å²) >= 11 is 13.4. The van der Waals surface area contributed by atoms with Gasteiger partial charge in [-0.2, -0.15) is 0 Å². The summed E-state index contributed by atoms with van der Waals surface area (Å²) in [5, 5.41) is 4.04. The standard InChI is InChI=1S/C19H15Cl2N3O3S2/c20-13-5-2-6-14(21)15(13)16(25)17-18(22)24-19(28-17)23-10-3-1-4-12(7-10)29(26)9-11-8-27-11/h1-7,11H,8-9,22H2,(H,23,24). The number of nitrogens with one attached hydrogen (secondary N) is 1. The zero-order chi connectivity index (χ0) is 20.5. The van der Waals surface area contributed by atoms with Crippen LogP contribution in [0.3, 0.4) is 0 Å². The van der Waals surface area contributed by atoms with E-state index < -0.39 is 10.8 Å². The second-order valence-electron chi connectivity index (χ2n) is 6.28. The van der Waals surface area contributed by atoms with E-state index in [1.54, 1.807) is 36.4 Å². The van der Waals surface area contributed by atoms with Crippen LogP contribution in [-0.4, -0.2) is 33.4 Å². The highest BCUT2D eigenvalue weighted by Crippen LogP contribution is 2.34. The number of benzene rings is 2. The van der Waals surface area contributed by atoms with Gasteiger partial charge in [-0.1, -0.05) is 46.7 Å². The molecule has 2 heterocycles. The fourth-order valence-corrected chi connectivity index (χ4v) is 5.28. The summed E-state index contributed by atoms with van der Waals surface area (Å²) in [6, 6.07) is 12.0. The van der Waals surface area contributed by atoms with Crippen LogP contribution < -0.4 is 11.1 Å². The lowest BCUT2D eigenvalue weighted by Gasteiger charge is -2.05. The van der Waals surface area contributed by atoms with Crippen LogP contribution in [-0.2, 0) is 15.5 Å². The zero-order valence-corrected chi connectivity index (χ0v) is 18.0. The van der Waals surface area contributed by atoms with Crippen LogP contribution in [0.4, 0.5) is 16.6 Å². The van der Waals surface area contributed by atoms with Crippen LogP contribution in [0.25, 0.3) is 0 Å². The van der Waals surface area contributed by atoms with E-state index in [0.29, 0.717) is 28.1 Å². The molecule has 1 aromatic heterocycles. The molecule has 1 aliphatic rings. The Labute approximate surface area is 183 Å². The number of hydrogen-bond donors (Lipinski definition) is 2. The van der Waals surface area contributed by atoms with Crippen molar-refractivity contribution in [2.45, 2.75) is 11.0 Å². The lowest BCUT2D eigenvalue weighted by atomic mass is 10.1. The number of halogens is 2. The third-order valence-corrected chi connectivity index (χ3v) is 7.21. The zero-order valence-electron chi connectivity index (χ0n) is 14.9. The van der Waals surface area contributed by atoms with E-state index in [0.717, 1.165) is 11.3 Å². The minimum atomic E-state index is -1.15. The Kier molecular flexibility index (Phi) is 5.89. The van der Waals surface area contributed by atoms with Crippen molar-refractivity contribution in [2.75, 3.05) is 23.4 Å². The molecule has 3 aromatic rings. The number of nitrogens with two attached hydrogens (primary N) is 1. The van der Waals surface area contributed by atoms with Gasteiger partial charge in [0.25, 0.3) is 0 Å². The average molecular weight is 468 g/mol. The molecular weight excluding hydrogens is 453 g/mol. The molecule has 1 fully saturated rings. The quantitative estimate of drug-likeness (QED) is 0.391. The van der Waals surface area contributed by atoms with E-state index in [9.17, 15) is 9.00 Å². The first-order chi connectivity index (χ1) is 13.9. The van der Waals surface area contributed by atoms with Gasteiger partial charge >= 0.3 is 0 Å². The molecular formula is C19H15Cl2N3O3S2. The van der Waals surface area contributed by atoms with E-state index in [1.807, 2.05) is 6.07 Å². The van der Waals surface area contributed by atoms with Crippen molar-refractivity contribution >= 4 is 67.8 Å². The number of ether oxygens (including phenoxy) is 1. The van der Waals surface area contributed by atoms with Crippen molar-refractivity contribution in [2.24, 2.45) is 0 Å². The third-order valence-electron chi connectivity index (χ3n) is 4.14. The number of nitrogens with zero attached hydrogens (tertiary/aromatic N) is 1. The highest BCUT2D eigenvalue weighted by atomic mass is 35.5. The number of ketones is 1. The lowest BCUT2D eigenvalue weighted by molar-refractivity contribution is 0.104. The minimum Gasteiger partial charge on any atom is -0.382 e. The Morgan fingerprint density at radius 2 is 1.97 bits per heavy atom. The van der Waals surface area contributed by atoms with Crippen LogP contribution in [0, 0.1) is 0 Å². The predicted molar refractivity (Wildman–Crippen MR) is 117 cm³/mol. The van der Waals surface area contributed by atoms with Crippen LogP contribution in [0.2, 0.25) is 10.0 Å². The van der Waals surface area contributed by atoms with E-state index in [-0.39, 0.29) is 38.2 Å². The van der Waals surface area contributed by atoms with Gasteiger partial charge in [-0.3, -0.25) is 9.00 Å². The molecule has 1 saturated heterocycles. The molecule has 0 aliphatic carbocycles. The smallest absolute Gasteiger partial charge is 0.209 e. The first-order valence-corrected chi connectivity index (χ1v) is 11.4. The molecule has 0 radical (unpaired) electrons. The highest BCUT2D eigenvalue weighted by molar-refractivity contribution is 7.85. The molecule has 4 rings (SSSR count). The second kappa shape index (κ2) is 8.41. The first kappa shape index (κ1) is 20.3. The molecule has 0 saturated carbocycles. The molecule has 6 nitrogen and oxygen atoms in total. The molecule has 2 unspecified atom stereocenters. The summed E-state index contributed by atoms with van der Waals surface area (Å²) in [5.41, 5.74) is 6.85. The van der Waals surface area contributed by atoms with Gasteiger partial charge in [-0.25, -0.2) is 4.98 Å². The third kappa shape index (κ3) is 4.62. The normalized spacial score (nSPS) is 16.4. The van der Waals surface area contributed by atoms with Gasteiger partial charge in [0.15, 0.2) is 5.13 Å². The summed E-state index contributed by atoms with van der Waals surface area (Å²) in [6.07, 6.45) is 0.0800. The van der Waals surface area contributed by atoms with Crippen molar-refractivity contribution in [3.05, 3.63) is 63.0 Å². The number of carbonyl (C=O) groups is 1. The van der Waals surface area contributed by atoms with Crippen LogP contribution in [0.15, 0.2) is 47.4 Å². The number of rotatable bonds is 7. The number of hydrogen-bond acceptors (Lipinski definition) is 7. The maximum absolute atomic E-state index is 12.9. The second-order valence-corrected chi connectivity index (χ2v) is 9.59. The molecule has 0 amide bonds. The molecule has 1 aliphatic heterocycles. The molecule has 2 aromatic carbocycles. The lowest BCUT2D eigenvalue weighted by Crippen LogP contribution is -2.04. The Morgan fingerprint density at radius 1 is 1.28 bits per heavy atom. The first-order valence-electron chi connectivity index (χ1n) is 8.54. The Balaban J connectivity index is 1.55. The molecule has 150 valence electrons. The van der Waals surface area contributed by atoms with Crippen molar-refractivity contribution in [1.82, 2.24) is 4.98 Å². The molecule has 10 heteroatoms. The number of anilines is 3. The van der Waals surface area contributed by atoms with Crippen molar-refractivity contribution in [3.8, 4) is 0 Å². The molecule has 0 bridgehead atoms. The predicted octanol–water partition coefficient (Wildman–Crippen LogP) is 4.51. The summed E-state index contributed by atoms with van der Waals surface area (Å²) in [5.74, 6) is 0.178. The summed E-state index contributed by atoms with van der Waals surface area (Å²) in [4.78, 5) is 18.0. The number of nitrogen functional groups attached to an aromatic ring is 1. The molecule has 0 spiro atoms. The fraction of sp³-hybridized carbons (Fsp3) is 0.158. The minimum absolute atomic E-state index is 0.0800. The highest BCUT2D eigenvalue weighted by Gasteiger charge is 2.26. The van der Waals surface area contributed by atoms with Gasteiger partial charge in [0.1, 0.15) is 10.7 Å². The maximum atomic E-state index is 12.9. The van der Waals surface area contributed by atoms with Gasteiger partial charge < -0.3 is 15.8 Å². The van der Waals surface area contributed by atoms with Gasteiger partial charge in [-0.05, 0) is 30.3 Å². The summed E-state index contributed by atoms with van der Waals surface area (Å²) in [6.45, 7) is 0.661. The van der Waals surface area contributed by atoms with Gasteiger partial charge in [-0.15, -0.1) is 0 Å². The number of epoxide rings is 1. The Hall–Kier alpha value is -1.97. The van der Waals surface area contributed by atoms with E-state index in [4.69, 9.17) is 33.7 Å². The largest absolute Gasteiger partial charge is 0.382 e. The van der Waals surface area contributed by atoms with Gasteiger partial charge in [0.2, 0.25) is 5.78 Å². The van der Waals surface area contributed by atoms with Gasteiger partial charge in [0.05, 0.1) is 44.9 Å². The molecule has 3 N–H and O–H groups in total. The molecule has 29 heavy (non-hydrogen) atoms. The maximum Gasteiger partial charge on any atom is 0.209 e. The number of carbonyl (C=O) groups excluding carboxylic acids is 1. The Bertz CT molecular complexity index is 1100. The monoisotopic (exact) mass is 467 g/mol. The SMILES string of the molecule is Nc1nc(Nc2cccc(S(=O)CC3CO3)c2)sc1C(=O)c1c(Cl)cccc1Cl. The van der Waals surface area contributed by atoms with E-state index >= 15 is 0 Å². The Morgan fingerprint density at radius 3 is 2.66 bits per heavy atom. The molecule has 2 atom stereocenters. The van der Waals surface area contributed by atoms with Crippen LogP contribution in [0.1, 0.15) is 15.2 Å². The van der Waals surface area contributed by atoms with Crippen LogP contribution >= 0.6 is 34.5 Å². The van der Waals surface area contributed by atoms with E-state index in [1.165, 1.54) is 0 Å². The van der Waals surface area contributed by atoms with Crippen LogP contribution in [0.5, 0.6) is 0 Å². The summed E-state index contributed by atoms with van der Waals surface area (Å²) < 4.78 is 17.5. The summed E-state index contributed by atoms with van der Waals surface area (Å²) in [7, 11) is -1.15. The van der Waals surface area contributed by atoms with E-state index in [2.05, 4.69) is 10.3 Å². The number of thiazole rings is 1. The van der Waals surface area contributed by atoms with Crippen molar-refractivity contribution in [1.29, 1.82) is 0 Å². The number of aromatic nitrogens is 1. The average Bonchev–Trinajstić information content (AvgIpc) is 3.42. The van der Waals surface area contributed by atoms with Crippen molar-refractivity contribution < 1.29 is 13.7 Å².